The quantitative estimate of drug-likeness (QED) is 0.803. The summed E-state index contributed by atoms with van der Waals surface area (Å²) in [6, 6.07) is 18.1. The standard InChI is InChI=1S/C15H11NO2/c17-15-16-14(10-18-15)13-8-6-12(7-9-13)11-4-2-1-3-5-11/h1-9H,10H2. The van der Waals surface area contributed by atoms with Crippen LogP contribution < -0.4 is 0 Å². The number of cyclic esters (lactones) is 1. The molecular weight excluding hydrogens is 226 g/mol. The highest BCUT2D eigenvalue weighted by Crippen LogP contribution is 2.20. The molecule has 1 amide bonds. The molecule has 0 aromatic heterocycles. The van der Waals surface area contributed by atoms with Crippen molar-refractivity contribution in [3.8, 4) is 11.1 Å². The van der Waals surface area contributed by atoms with Crippen molar-refractivity contribution in [3.05, 3.63) is 60.2 Å². The van der Waals surface area contributed by atoms with Crippen LogP contribution in [0.5, 0.6) is 0 Å². The van der Waals surface area contributed by atoms with E-state index in [1.807, 2.05) is 42.5 Å². The predicted molar refractivity (Wildman–Crippen MR) is 69.8 cm³/mol. The van der Waals surface area contributed by atoms with Crippen molar-refractivity contribution in [1.29, 1.82) is 0 Å². The number of carbonyl (C=O) groups is 1. The largest absolute Gasteiger partial charge is 0.441 e. The summed E-state index contributed by atoms with van der Waals surface area (Å²) in [7, 11) is 0. The van der Waals surface area contributed by atoms with Crippen LogP contribution in [0.4, 0.5) is 4.79 Å². The molecular formula is C15H11NO2. The molecule has 18 heavy (non-hydrogen) atoms. The van der Waals surface area contributed by atoms with Crippen LogP contribution in [0.25, 0.3) is 11.1 Å². The molecule has 0 aliphatic carbocycles. The SMILES string of the molecule is O=C1N=C(c2ccc(-c3ccccc3)cc2)CO1. The Kier molecular flexibility index (Phi) is 2.65. The molecule has 0 spiro atoms. The van der Waals surface area contributed by atoms with Crippen LogP contribution in [0.15, 0.2) is 59.6 Å². The normalized spacial score (nSPS) is 14.2. The minimum Gasteiger partial charge on any atom is -0.441 e. The summed E-state index contributed by atoms with van der Waals surface area (Å²) in [6.07, 6.45) is -0.503. The average Bonchev–Trinajstić information content (AvgIpc) is 2.87. The van der Waals surface area contributed by atoms with Crippen LogP contribution in [-0.4, -0.2) is 18.4 Å². The fourth-order valence-electron chi connectivity index (χ4n) is 1.94. The lowest BCUT2D eigenvalue weighted by atomic mass is 10.0. The van der Waals surface area contributed by atoms with Crippen molar-refractivity contribution in [3.63, 3.8) is 0 Å². The van der Waals surface area contributed by atoms with Gasteiger partial charge in [-0.15, -0.1) is 0 Å². The number of amides is 1. The molecule has 0 radical (unpaired) electrons. The summed E-state index contributed by atoms with van der Waals surface area (Å²) in [6.45, 7) is 0.267. The Labute approximate surface area is 105 Å². The van der Waals surface area contributed by atoms with Gasteiger partial charge in [0.2, 0.25) is 0 Å². The Hall–Kier alpha value is -2.42. The molecule has 1 heterocycles. The van der Waals surface area contributed by atoms with Gasteiger partial charge in [-0.05, 0) is 16.7 Å². The van der Waals surface area contributed by atoms with Gasteiger partial charge in [-0.2, -0.15) is 4.99 Å². The highest BCUT2D eigenvalue weighted by atomic mass is 16.6. The third-order valence-electron chi connectivity index (χ3n) is 2.88. The van der Waals surface area contributed by atoms with E-state index in [1.54, 1.807) is 0 Å². The first-order valence-electron chi connectivity index (χ1n) is 5.73. The van der Waals surface area contributed by atoms with E-state index in [1.165, 1.54) is 5.56 Å². The summed E-state index contributed by atoms with van der Waals surface area (Å²) in [5, 5.41) is 0. The lowest BCUT2D eigenvalue weighted by molar-refractivity contribution is 0.181. The molecule has 1 aliphatic heterocycles. The second kappa shape index (κ2) is 4.45. The van der Waals surface area contributed by atoms with E-state index in [4.69, 9.17) is 4.74 Å². The second-order valence-electron chi connectivity index (χ2n) is 4.06. The molecule has 0 unspecified atom stereocenters. The maximum absolute atomic E-state index is 10.9. The second-order valence-corrected chi connectivity index (χ2v) is 4.06. The van der Waals surface area contributed by atoms with Crippen LogP contribution in [0.2, 0.25) is 0 Å². The van der Waals surface area contributed by atoms with Crippen molar-refractivity contribution in [1.82, 2.24) is 0 Å². The van der Waals surface area contributed by atoms with E-state index in [-0.39, 0.29) is 6.61 Å². The fourth-order valence-corrected chi connectivity index (χ4v) is 1.94. The highest BCUT2D eigenvalue weighted by Gasteiger charge is 2.16. The van der Waals surface area contributed by atoms with Crippen molar-refractivity contribution in [2.24, 2.45) is 4.99 Å². The van der Waals surface area contributed by atoms with Crippen LogP contribution in [-0.2, 0) is 4.74 Å². The zero-order valence-electron chi connectivity index (χ0n) is 9.67. The maximum atomic E-state index is 10.9. The molecule has 0 saturated carbocycles. The summed E-state index contributed by atoms with van der Waals surface area (Å²) in [5.41, 5.74) is 3.94. The Bertz CT molecular complexity index is 600. The first-order valence-corrected chi connectivity index (χ1v) is 5.73. The van der Waals surface area contributed by atoms with E-state index in [0.29, 0.717) is 5.71 Å². The number of ether oxygens (including phenoxy) is 1. The van der Waals surface area contributed by atoms with Crippen molar-refractivity contribution < 1.29 is 9.53 Å². The fraction of sp³-hybridized carbons (Fsp3) is 0.0667. The molecule has 88 valence electrons. The van der Waals surface area contributed by atoms with Crippen LogP contribution in [0.1, 0.15) is 5.56 Å². The number of rotatable bonds is 2. The Morgan fingerprint density at radius 1 is 0.833 bits per heavy atom. The smallest absolute Gasteiger partial charge is 0.434 e. The monoisotopic (exact) mass is 237 g/mol. The maximum Gasteiger partial charge on any atom is 0.434 e. The third-order valence-corrected chi connectivity index (χ3v) is 2.88. The molecule has 0 N–H and O–H groups in total. The summed E-state index contributed by atoms with van der Waals surface area (Å²) in [5.74, 6) is 0. The molecule has 2 aromatic carbocycles. The summed E-state index contributed by atoms with van der Waals surface area (Å²) in [4.78, 5) is 14.7. The van der Waals surface area contributed by atoms with E-state index in [2.05, 4.69) is 17.1 Å². The number of aliphatic imine (C=N–C) groups is 1. The first kappa shape index (κ1) is 10.7. The van der Waals surface area contributed by atoms with E-state index < -0.39 is 6.09 Å². The van der Waals surface area contributed by atoms with Gasteiger partial charge in [-0.1, -0.05) is 54.6 Å². The van der Waals surface area contributed by atoms with Crippen molar-refractivity contribution in [2.45, 2.75) is 0 Å². The van der Waals surface area contributed by atoms with Gasteiger partial charge in [0.15, 0.2) is 0 Å². The lowest BCUT2D eigenvalue weighted by Crippen LogP contribution is -2.02. The molecule has 0 atom stereocenters. The molecule has 0 fully saturated rings. The molecule has 3 nitrogen and oxygen atoms in total. The third kappa shape index (κ3) is 2.02. The van der Waals surface area contributed by atoms with Gasteiger partial charge in [0.25, 0.3) is 0 Å². The summed E-state index contributed by atoms with van der Waals surface area (Å²) >= 11 is 0. The highest BCUT2D eigenvalue weighted by molar-refractivity contribution is 6.09. The minimum atomic E-state index is -0.503. The zero-order valence-corrected chi connectivity index (χ0v) is 9.67. The number of nitrogens with zero attached hydrogens (tertiary/aromatic N) is 1. The minimum absolute atomic E-state index is 0.267. The van der Waals surface area contributed by atoms with Gasteiger partial charge in [0.1, 0.15) is 6.61 Å². The van der Waals surface area contributed by atoms with Gasteiger partial charge in [-0.25, -0.2) is 4.79 Å². The van der Waals surface area contributed by atoms with E-state index >= 15 is 0 Å². The molecule has 1 aliphatic rings. The summed E-state index contributed by atoms with van der Waals surface area (Å²) < 4.78 is 4.79. The zero-order chi connectivity index (χ0) is 12.4. The number of hydrogen-bond acceptors (Lipinski definition) is 2. The van der Waals surface area contributed by atoms with Crippen LogP contribution >= 0.6 is 0 Å². The Morgan fingerprint density at radius 2 is 1.44 bits per heavy atom. The average molecular weight is 237 g/mol. The van der Waals surface area contributed by atoms with Gasteiger partial charge in [0.05, 0.1) is 5.71 Å². The van der Waals surface area contributed by atoms with Gasteiger partial charge in [0, 0.05) is 0 Å². The van der Waals surface area contributed by atoms with Gasteiger partial charge in [-0.3, -0.25) is 0 Å². The molecule has 3 rings (SSSR count). The molecule has 3 heteroatoms. The number of hydrogen-bond donors (Lipinski definition) is 0. The van der Waals surface area contributed by atoms with Gasteiger partial charge < -0.3 is 4.74 Å². The van der Waals surface area contributed by atoms with Crippen LogP contribution in [0, 0.1) is 0 Å². The Morgan fingerprint density at radius 3 is 2.06 bits per heavy atom. The molecule has 2 aromatic rings. The molecule has 0 saturated heterocycles. The van der Waals surface area contributed by atoms with Crippen molar-refractivity contribution >= 4 is 11.8 Å². The van der Waals surface area contributed by atoms with Gasteiger partial charge >= 0.3 is 6.09 Å². The van der Waals surface area contributed by atoms with E-state index in [9.17, 15) is 4.79 Å². The molecule has 0 bridgehead atoms. The number of carbonyl (C=O) groups excluding carboxylic acids is 1. The predicted octanol–water partition coefficient (Wildman–Crippen LogP) is 3.29. The Balaban J connectivity index is 1.90. The van der Waals surface area contributed by atoms with Crippen LogP contribution in [0.3, 0.4) is 0 Å². The van der Waals surface area contributed by atoms with Crippen molar-refractivity contribution in [2.75, 3.05) is 6.61 Å². The lowest BCUT2D eigenvalue weighted by Gasteiger charge is -2.03. The number of benzene rings is 2. The first-order chi connectivity index (χ1) is 8.83. The topological polar surface area (TPSA) is 38.7 Å². The van der Waals surface area contributed by atoms with E-state index in [0.717, 1.165) is 11.1 Å².